The van der Waals surface area contributed by atoms with Crippen molar-refractivity contribution >= 4 is 0 Å². The third kappa shape index (κ3) is 5.15. The molecule has 0 aliphatic carbocycles. The van der Waals surface area contributed by atoms with Gasteiger partial charge in [-0.15, -0.1) is 0 Å². The molecule has 0 radical (unpaired) electrons. The number of nitrogens with two attached hydrogens (primary N) is 1. The summed E-state index contributed by atoms with van der Waals surface area (Å²) in [5.74, 6) is 0. The maximum Gasteiger partial charge on any atom is 0.00775 e. The Balaban J connectivity index is 3.55. The van der Waals surface area contributed by atoms with E-state index in [1.54, 1.807) is 0 Å². The molecule has 2 N–H and O–H groups in total. The van der Waals surface area contributed by atoms with E-state index in [-0.39, 0.29) is 0 Å². The van der Waals surface area contributed by atoms with Gasteiger partial charge in [-0.1, -0.05) is 26.0 Å². The smallest absolute Gasteiger partial charge is 0.00775 e. The Morgan fingerprint density at radius 1 is 1.44 bits per heavy atom. The van der Waals surface area contributed by atoms with Gasteiger partial charge in [-0.25, -0.2) is 0 Å². The molecule has 0 rings (SSSR count). The molecule has 0 aliphatic heterocycles. The first-order chi connectivity index (χ1) is 4.31. The Morgan fingerprint density at radius 3 is 2.56 bits per heavy atom. The maximum atomic E-state index is 5.52. The summed E-state index contributed by atoms with van der Waals surface area (Å²) in [5, 5.41) is 0. The summed E-state index contributed by atoms with van der Waals surface area (Å²) in [6.45, 7) is 4.15. The second kappa shape index (κ2) is 5.42. The van der Waals surface area contributed by atoms with Crippen LogP contribution in [-0.2, 0) is 0 Å². The average molecular weight is 125 g/mol. The van der Waals surface area contributed by atoms with Crippen molar-refractivity contribution in [3.05, 3.63) is 23.9 Å². The van der Waals surface area contributed by atoms with Crippen LogP contribution in [0.3, 0.4) is 0 Å². The minimum absolute atomic E-state index is 0.939. The number of rotatable bonds is 3. The van der Waals surface area contributed by atoms with E-state index in [9.17, 15) is 0 Å². The van der Waals surface area contributed by atoms with Crippen molar-refractivity contribution in [3.63, 3.8) is 0 Å². The molecule has 0 aromatic carbocycles. The van der Waals surface area contributed by atoms with E-state index >= 15 is 0 Å². The molecular formula is C8H15N. The zero-order valence-electron chi connectivity index (χ0n) is 6.22. The molecule has 0 saturated heterocycles. The zero-order valence-corrected chi connectivity index (χ0v) is 6.22. The molecule has 1 nitrogen and oxygen atoms in total. The van der Waals surface area contributed by atoms with Crippen molar-refractivity contribution in [1.29, 1.82) is 0 Å². The Kier molecular flexibility index (Phi) is 4.98. The van der Waals surface area contributed by atoms with Crippen molar-refractivity contribution < 1.29 is 0 Å². The molecule has 9 heavy (non-hydrogen) atoms. The van der Waals surface area contributed by atoms with Crippen LogP contribution < -0.4 is 5.73 Å². The molecule has 0 unspecified atom stereocenters. The molecule has 0 atom stereocenters. The molecule has 0 aromatic heterocycles. The third-order valence-corrected chi connectivity index (χ3v) is 1.09. The van der Waals surface area contributed by atoms with E-state index in [4.69, 9.17) is 5.73 Å². The summed E-state index contributed by atoms with van der Waals surface area (Å²) >= 11 is 0. The van der Waals surface area contributed by atoms with Crippen LogP contribution in [0.5, 0.6) is 0 Å². The summed E-state index contributed by atoms with van der Waals surface area (Å²) in [4.78, 5) is 0. The molecule has 0 heterocycles. The van der Waals surface area contributed by atoms with Crippen LogP contribution in [0.2, 0.25) is 0 Å². The first kappa shape index (κ1) is 8.28. The predicted molar refractivity (Wildman–Crippen MR) is 42.0 cm³/mol. The fourth-order valence-corrected chi connectivity index (χ4v) is 0.446. The Morgan fingerprint density at radius 2 is 2.11 bits per heavy atom. The van der Waals surface area contributed by atoms with Gasteiger partial charge in [-0.2, -0.15) is 0 Å². The predicted octanol–water partition coefficient (Wildman–Crippen LogP) is 2.21. The fraction of sp³-hybridized carbons (Fsp3) is 0.500. The minimum atomic E-state index is 0.939. The van der Waals surface area contributed by atoms with Gasteiger partial charge in [0, 0.05) is 5.70 Å². The van der Waals surface area contributed by atoms with Crippen LogP contribution >= 0.6 is 0 Å². The summed E-state index contributed by atoms with van der Waals surface area (Å²) in [7, 11) is 0. The van der Waals surface area contributed by atoms with Crippen LogP contribution in [-0.4, -0.2) is 0 Å². The average Bonchev–Trinajstić information content (AvgIpc) is 1.89. The molecular weight excluding hydrogens is 110 g/mol. The Bertz CT molecular complexity index is 112. The monoisotopic (exact) mass is 125 g/mol. The Hall–Kier alpha value is -0.720. The molecule has 0 bridgehead atoms. The molecule has 0 saturated carbocycles. The van der Waals surface area contributed by atoms with Crippen LogP contribution in [0.4, 0.5) is 0 Å². The van der Waals surface area contributed by atoms with Crippen molar-refractivity contribution in [1.82, 2.24) is 0 Å². The highest BCUT2D eigenvalue weighted by Gasteiger charge is 1.76. The van der Waals surface area contributed by atoms with Gasteiger partial charge in [0.1, 0.15) is 0 Å². The Labute approximate surface area is 57.3 Å². The largest absolute Gasteiger partial charge is 0.402 e. The molecule has 52 valence electrons. The van der Waals surface area contributed by atoms with E-state index < -0.39 is 0 Å². The molecule has 0 aliphatic rings. The van der Waals surface area contributed by atoms with Gasteiger partial charge in [-0.3, -0.25) is 0 Å². The molecule has 0 aromatic rings. The van der Waals surface area contributed by atoms with E-state index in [0.29, 0.717) is 0 Å². The van der Waals surface area contributed by atoms with Gasteiger partial charge in [0.25, 0.3) is 0 Å². The lowest BCUT2D eigenvalue weighted by Gasteiger charge is -1.88. The highest BCUT2D eigenvalue weighted by molar-refractivity contribution is 5.08. The summed E-state index contributed by atoms with van der Waals surface area (Å²) in [5.41, 5.74) is 6.47. The van der Waals surface area contributed by atoms with Crippen molar-refractivity contribution in [3.8, 4) is 0 Å². The summed E-state index contributed by atoms with van der Waals surface area (Å²) in [6, 6.07) is 0. The normalized spacial score (nSPS) is 12.9. The standard InChI is InChI=1S/C8H15N/c1-3-5-6-7-8(9)4-2/h5-7H,3-4,9H2,1-2H3/b6-5-,8-7-. The highest BCUT2D eigenvalue weighted by Crippen LogP contribution is 1.90. The van der Waals surface area contributed by atoms with Crippen molar-refractivity contribution in [2.45, 2.75) is 26.7 Å². The minimum Gasteiger partial charge on any atom is -0.402 e. The van der Waals surface area contributed by atoms with E-state index in [2.05, 4.69) is 13.0 Å². The number of hydrogen-bond donors (Lipinski definition) is 1. The first-order valence-corrected chi connectivity index (χ1v) is 3.42. The topological polar surface area (TPSA) is 26.0 Å². The van der Waals surface area contributed by atoms with E-state index in [1.807, 2.05) is 19.1 Å². The van der Waals surface area contributed by atoms with E-state index in [0.717, 1.165) is 18.5 Å². The summed E-state index contributed by atoms with van der Waals surface area (Å²) in [6.07, 6.45) is 8.05. The van der Waals surface area contributed by atoms with Crippen LogP contribution in [0.1, 0.15) is 26.7 Å². The summed E-state index contributed by atoms with van der Waals surface area (Å²) < 4.78 is 0. The number of hydrogen-bond acceptors (Lipinski definition) is 1. The van der Waals surface area contributed by atoms with Crippen molar-refractivity contribution in [2.75, 3.05) is 0 Å². The van der Waals surface area contributed by atoms with Crippen molar-refractivity contribution in [2.24, 2.45) is 5.73 Å². The highest BCUT2D eigenvalue weighted by atomic mass is 14.6. The van der Waals surface area contributed by atoms with Crippen LogP contribution in [0.15, 0.2) is 23.9 Å². The second-order valence-corrected chi connectivity index (χ2v) is 1.93. The van der Waals surface area contributed by atoms with Gasteiger partial charge in [0.05, 0.1) is 0 Å². The first-order valence-electron chi connectivity index (χ1n) is 3.42. The quantitative estimate of drug-likeness (QED) is 0.575. The lowest BCUT2D eigenvalue weighted by Crippen LogP contribution is -1.92. The van der Waals surface area contributed by atoms with Gasteiger partial charge < -0.3 is 5.73 Å². The fourth-order valence-electron chi connectivity index (χ4n) is 0.446. The lowest BCUT2D eigenvalue weighted by atomic mass is 10.3. The van der Waals surface area contributed by atoms with Crippen LogP contribution in [0, 0.1) is 0 Å². The SMILES string of the molecule is CC/C=C\C=C(/N)CC. The van der Waals surface area contributed by atoms with Gasteiger partial charge in [0.2, 0.25) is 0 Å². The lowest BCUT2D eigenvalue weighted by molar-refractivity contribution is 1.07. The maximum absolute atomic E-state index is 5.52. The van der Waals surface area contributed by atoms with Gasteiger partial charge in [-0.05, 0) is 18.9 Å². The molecule has 0 fully saturated rings. The zero-order chi connectivity index (χ0) is 7.11. The van der Waals surface area contributed by atoms with Crippen LogP contribution in [0.25, 0.3) is 0 Å². The molecule has 0 amide bonds. The molecule has 0 spiro atoms. The number of allylic oxidation sites excluding steroid dienone is 4. The van der Waals surface area contributed by atoms with Gasteiger partial charge in [0.15, 0.2) is 0 Å². The van der Waals surface area contributed by atoms with E-state index in [1.165, 1.54) is 0 Å². The van der Waals surface area contributed by atoms with Gasteiger partial charge >= 0.3 is 0 Å². The second-order valence-electron chi connectivity index (χ2n) is 1.93. The third-order valence-electron chi connectivity index (χ3n) is 1.09. The molecule has 1 heteroatoms.